The molecule has 2 unspecified atom stereocenters. The standard InChI is InChI=1S/C13H15BrF2N2O/c1-13(4-2-3-11(13)17)12(19)18-10-5-7(14)8(15)6-9(10)16/h5-6,11H,2-4,17H2,1H3,(H,18,19). The van der Waals surface area contributed by atoms with E-state index in [1.807, 2.05) is 0 Å². The van der Waals surface area contributed by atoms with Gasteiger partial charge in [-0.1, -0.05) is 6.42 Å². The molecule has 1 saturated carbocycles. The van der Waals surface area contributed by atoms with E-state index >= 15 is 0 Å². The molecule has 0 spiro atoms. The summed E-state index contributed by atoms with van der Waals surface area (Å²) < 4.78 is 26.8. The minimum absolute atomic E-state index is 0.0430. The molecular weight excluding hydrogens is 318 g/mol. The second-order valence-corrected chi connectivity index (χ2v) is 5.97. The van der Waals surface area contributed by atoms with Gasteiger partial charge >= 0.3 is 0 Å². The monoisotopic (exact) mass is 332 g/mol. The Hall–Kier alpha value is -1.01. The fraction of sp³-hybridized carbons (Fsp3) is 0.462. The van der Waals surface area contributed by atoms with Crippen molar-refractivity contribution in [3.05, 3.63) is 28.2 Å². The lowest BCUT2D eigenvalue weighted by molar-refractivity contribution is -0.125. The van der Waals surface area contributed by atoms with Gasteiger partial charge in [-0.05, 0) is 41.8 Å². The summed E-state index contributed by atoms with van der Waals surface area (Å²) in [5.74, 6) is -1.83. The van der Waals surface area contributed by atoms with Gasteiger partial charge in [-0.2, -0.15) is 0 Å². The van der Waals surface area contributed by atoms with Crippen LogP contribution in [0.15, 0.2) is 16.6 Å². The van der Waals surface area contributed by atoms with Gasteiger partial charge < -0.3 is 11.1 Å². The molecule has 2 rings (SSSR count). The van der Waals surface area contributed by atoms with Crippen molar-refractivity contribution in [3.63, 3.8) is 0 Å². The number of benzene rings is 1. The van der Waals surface area contributed by atoms with Crippen LogP contribution in [0.5, 0.6) is 0 Å². The van der Waals surface area contributed by atoms with Gasteiger partial charge in [0, 0.05) is 12.1 Å². The topological polar surface area (TPSA) is 55.1 Å². The van der Waals surface area contributed by atoms with Crippen molar-refractivity contribution in [2.75, 3.05) is 5.32 Å². The van der Waals surface area contributed by atoms with E-state index in [9.17, 15) is 13.6 Å². The number of nitrogens with two attached hydrogens (primary N) is 1. The number of hydrogen-bond donors (Lipinski definition) is 2. The summed E-state index contributed by atoms with van der Waals surface area (Å²) in [6.45, 7) is 1.77. The van der Waals surface area contributed by atoms with Crippen LogP contribution in [0.1, 0.15) is 26.2 Å². The third-order valence-corrected chi connectivity index (χ3v) is 4.41. The van der Waals surface area contributed by atoms with E-state index in [-0.39, 0.29) is 22.1 Å². The lowest BCUT2D eigenvalue weighted by atomic mass is 9.84. The summed E-state index contributed by atoms with van der Waals surface area (Å²) >= 11 is 2.96. The predicted octanol–water partition coefficient (Wildman–Crippen LogP) is 3.18. The van der Waals surface area contributed by atoms with Gasteiger partial charge in [-0.25, -0.2) is 8.78 Å². The SMILES string of the molecule is CC1(C(=O)Nc2cc(Br)c(F)cc2F)CCCC1N. The number of halogens is 3. The highest BCUT2D eigenvalue weighted by Gasteiger charge is 2.43. The van der Waals surface area contributed by atoms with E-state index in [0.717, 1.165) is 18.9 Å². The largest absolute Gasteiger partial charge is 0.327 e. The molecule has 1 aliphatic rings. The zero-order valence-electron chi connectivity index (χ0n) is 10.5. The van der Waals surface area contributed by atoms with E-state index in [1.165, 1.54) is 6.07 Å². The Kier molecular flexibility index (Phi) is 3.92. The molecule has 1 aliphatic carbocycles. The van der Waals surface area contributed by atoms with Crippen LogP contribution < -0.4 is 11.1 Å². The van der Waals surface area contributed by atoms with E-state index in [1.54, 1.807) is 6.92 Å². The summed E-state index contributed by atoms with van der Waals surface area (Å²) in [5, 5.41) is 2.50. The normalized spacial score (nSPS) is 26.5. The van der Waals surface area contributed by atoms with Gasteiger partial charge in [0.25, 0.3) is 0 Å². The average Bonchev–Trinajstić information content (AvgIpc) is 2.68. The highest BCUT2D eigenvalue weighted by molar-refractivity contribution is 9.10. The quantitative estimate of drug-likeness (QED) is 0.817. The predicted molar refractivity (Wildman–Crippen MR) is 72.6 cm³/mol. The van der Waals surface area contributed by atoms with Crippen LogP contribution in [0.25, 0.3) is 0 Å². The molecular formula is C13H15BrF2N2O. The molecule has 2 atom stereocenters. The van der Waals surface area contributed by atoms with Crippen molar-refractivity contribution >= 4 is 27.5 Å². The summed E-state index contributed by atoms with van der Waals surface area (Å²) in [7, 11) is 0. The Morgan fingerprint density at radius 2 is 2.16 bits per heavy atom. The number of nitrogens with one attached hydrogen (secondary N) is 1. The third-order valence-electron chi connectivity index (χ3n) is 3.81. The van der Waals surface area contributed by atoms with Crippen molar-refractivity contribution in [2.45, 2.75) is 32.2 Å². The average molecular weight is 333 g/mol. The summed E-state index contributed by atoms with van der Waals surface area (Å²) in [6.07, 6.45) is 2.32. The first-order valence-corrected chi connectivity index (χ1v) is 6.85. The fourth-order valence-corrected chi connectivity index (χ4v) is 2.70. The highest BCUT2D eigenvalue weighted by Crippen LogP contribution is 2.38. The number of carbonyl (C=O) groups is 1. The first-order valence-electron chi connectivity index (χ1n) is 6.06. The first kappa shape index (κ1) is 14.4. The van der Waals surface area contributed by atoms with Crippen molar-refractivity contribution in [2.24, 2.45) is 11.1 Å². The van der Waals surface area contributed by atoms with Gasteiger partial charge in [0.15, 0.2) is 0 Å². The Morgan fingerprint density at radius 1 is 1.47 bits per heavy atom. The Labute approximate surface area is 118 Å². The van der Waals surface area contributed by atoms with Gasteiger partial charge in [0.05, 0.1) is 15.6 Å². The minimum Gasteiger partial charge on any atom is -0.327 e. The fourth-order valence-electron chi connectivity index (χ4n) is 2.36. The maximum atomic E-state index is 13.6. The van der Waals surface area contributed by atoms with Crippen molar-refractivity contribution in [1.29, 1.82) is 0 Å². The molecule has 0 bridgehead atoms. The lowest BCUT2D eigenvalue weighted by Gasteiger charge is -2.27. The Balaban J connectivity index is 2.22. The van der Waals surface area contributed by atoms with Crippen LogP contribution in [0.3, 0.4) is 0 Å². The zero-order valence-corrected chi connectivity index (χ0v) is 12.1. The number of carbonyl (C=O) groups excluding carboxylic acids is 1. The lowest BCUT2D eigenvalue weighted by Crippen LogP contribution is -2.44. The van der Waals surface area contributed by atoms with Crippen molar-refractivity contribution < 1.29 is 13.6 Å². The van der Waals surface area contributed by atoms with Crippen molar-refractivity contribution in [3.8, 4) is 0 Å². The molecule has 104 valence electrons. The Bertz CT molecular complexity index is 524. The van der Waals surface area contributed by atoms with Crippen molar-refractivity contribution in [1.82, 2.24) is 0 Å². The molecule has 6 heteroatoms. The zero-order chi connectivity index (χ0) is 14.2. The summed E-state index contributed by atoms with van der Waals surface area (Å²) in [5.41, 5.74) is 5.19. The number of anilines is 1. The molecule has 19 heavy (non-hydrogen) atoms. The second-order valence-electron chi connectivity index (χ2n) is 5.12. The Morgan fingerprint density at radius 3 is 2.74 bits per heavy atom. The maximum absolute atomic E-state index is 13.6. The summed E-state index contributed by atoms with van der Waals surface area (Å²) in [4.78, 5) is 12.2. The van der Waals surface area contributed by atoms with Crippen LogP contribution in [0.2, 0.25) is 0 Å². The third kappa shape index (κ3) is 2.65. The van der Waals surface area contributed by atoms with Gasteiger partial charge in [0.1, 0.15) is 11.6 Å². The molecule has 1 fully saturated rings. The molecule has 0 saturated heterocycles. The molecule has 0 heterocycles. The van der Waals surface area contributed by atoms with E-state index in [0.29, 0.717) is 6.42 Å². The van der Waals surface area contributed by atoms with Crippen LogP contribution in [-0.2, 0) is 4.79 Å². The first-order chi connectivity index (χ1) is 8.84. The molecule has 0 radical (unpaired) electrons. The van der Waals surface area contributed by atoms with Crippen LogP contribution in [0, 0.1) is 17.0 Å². The maximum Gasteiger partial charge on any atom is 0.231 e. The molecule has 0 aliphatic heterocycles. The number of hydrogen-bond acceptors (Lipinski definition) is 2. The van der Waals surface area contributed by atoms with Crippen LogP contribution >= 0.6 is 15.9 Å². The van der Waals surface area contributed by atoms with Gasteiger partial charge in [-0.15, -0.1) is 0 Å². The van der Waals surface area contributed by atoms with Crippen LogP contribution in [-0.4, -0.2) is 11.9 Å². The molecule has 0 aromatic heterocycles. The highest BCUT2D eigenvalue weighted by atomic mass is 79.9. The number of rotatable bonds is 2. The van der Waals surface area contributed by atoms with E-state index < -0.39 is 17.0 Å². The number of amides is 1. The molecule has 1 aromatic rings. The van der Waals surface area contributed by atoms with E-state index in [2.05, 4.69) is 21.2 Å². The molecule has 3 N–H and O–H groups in total. The smallest absolute Gasteiger partial charge is 0.231 e. The molecule has 3 nitrogen and oxygen atoms in total. The van der Waals surface area contributed by atoms with Gasteiger partial charge in [-0.3, -0.25) is 4.79 Å². The van der Waals surface area contributed by atoms with E-state index in [4.69, 9.17) is 5.73 Å². The van der Waals surface area contributed by atoms with Gasteiger partial charge in [0.2, 0.25) is 5.91 Å². The minimum atomic E-state index is -0.802. The summed E-state index contributed by atoms with van der Waals surface area (Å²) in [6, 6.07) is 1.71. The second kappa shape index (κ2) is 5.17. The molecule has 1 amide bonds. The molecule has 1 aromatic carbocycles. The van der Waals surface area contributed by atoms with Crippen LogP contribution in [0.4, 0.5) is 14.5 Å².